The van der Waals surface area contributed by atoms with Gasteiger partial charge in [-0.05, 0) is 23.6 Å². The fourth-order valence-corrected chi connectivity index (χ4v) is 2.35. The molecule has 1 heterocycles. The lowest BCUT2D eigenvalue weighted by atomic mass is 10.3. The lowest BCUT2D eigenvalue weighted by molar-refractivity contribution is -0.116. The summed E-state index contributed by atoms with van der Waals surface area (Å²) in [4.78, 5) is 23.5. The molecule has 2 amide bonds. The van der Waals surface area contributed by atoms with Crippen molar-refractivity contribution in [1.29, 1.82) is 0 Å². The molecule has 0 fully saturated rings. The molecule has 110 valence electrons. The maximum Gasteiger partial charge on any atom is 0.252 e. The summed E-state index contributed by atoms with van der Waals surface area (Å²) in [6.07, 6.45) is 0.215. The highest BCUT2D eigenvalue weighted by Crippen LogP contribution is 2.16. The first kappa shape index (κ1) is 15.1. The van der Waals surface area contributed by atoms with Crippen LogP contribution in [0.15, 0.2) is 41.1 Å². The maximum atomic E-state index is 11.8. The van der Waals surface area contributed by atoms with Crippen LogP contribution in [0.2, 0.25) is 0 Å². The molecular weight excluding hydrogens is 288 g/mol. The summed E-state index contributed by atoms with van der Waals surface area (Å²) in [5.41, 5.74) is 1.29. The van der Waals surface area contributed by atoms with Crippen molar-refractivity contribution in [1.82, 2.24) is 5.32 Å². The second-order valence-corrected chi connectivity index (χ2v) is 5.08. The van der Waals surface area contributed by atoms with E-state index < -0.39 is 0 Å². The Morgan fingerprint density at radius 1 is 1.29 bits per heavy atom. The molecule has 0 radical (unpaired) electrons. The number of hydrogen-bond acceptors (Lipinski definition) is 4. The number of hydrogen-bond donors (Lipinski definition) is 2. The van der Waals surface area contributed by atoms with Crippen LogP contribution >= 0.6 is 11.3 Å². The number of benzene rings is 1. The molecule has 0 aliphatic rings. The molecule has 6 heteroatoms. The van der Waals surface area contributed by atoms with Gasteiger partial charge in [0.1, 0.15) is 5.75 Å². The van der Waals surface area contributed by atoms with Gasteiger partial charge < -0.3 is 15.4 Å². The zero-order chi connectivity index (χ0) is 15.1. The molecule has 1 aromatic carbocycles. The van der Waals surface area contributed by atoms with E-state index in [2.05, 4.69) is 10.6 Å². The van der Waals surface area contributed by atoms with Crippen LogP contribution in [-0.4, -0.2) is 25.5 Å². The number of methoxy groups -OCH3 is 1. The Morgan fingerprint density at radius 2 is 2.14 bits per heavy atom. The molecule has 2 rings (SSSR count). The van der Waals surface area contributed by atoms with Gasteiger partial charge in [-0.1, -0.05) is 6.07 Å². The van der Waals surface area contributed by atoms with Crippen LogP contribution in [0.4, 0.5) is 5.69 Å². The van der Waals surface area contributed by atoms with Gasteiger partial charge in [-0.3, -0.25) is 9.59 Å². The molecule has 0 saturated carbocycles. The van der Waals surface area contributed by atoms with Crippen LogP contribution in [0, 0.1) is 0 Å². The van der Waals surface area contributed by atoms with E-state index >= 15 is 0 Å². The van der Waals surface area contributed by atoms with Crippen molar-refractivity contribution < 1.29 is 14.3 Å². The van der Waals surface area contributed by atoms with Gasteiger partial charge in [0, 0.05) is 35.7 Å². The first-order valence-electron chi connectivity index (χ1n) is 6.43. The van der Waals surface area contributed by atoms with Gasteiger partial charge in [-0.2, -0.15) is 11.3 Å². The van der Waals surface area contributed by atoms with E-state index in [-0.39, 0.29) is 18.2 Å². The fraction of sp³-hybridized carbons (Fsp3) is 0.200. The highest BCUT2D eigenvalue weighted by molar-refractivity contribution is 7.08. The van der Waals surface area contributed by atoms with Gasteiger partial charge >= 0.3 is 0 Å². The van der Waals surface area contributed by atoms with Gasteiger partial charge in [0.15, 0.2) is 0 Å². The minimum Gasteiger partial charge on any atom is -0.497 e. The summed E-state index contributed by atoms with van der Waals surface area (Å²) < 4.78 is 5.08. The Balaban J connectivity index is 1.76. The zero-order valence-corrected chi connectivity index (χ0v) is 12.4. The number of thiophene rings is 1. The second-order valence-electron chi connectivity index (χ2n) is 4.30. The normalized spacial score (nSPS) is 9.95. The molecule has 0 spiro atoms. The Morgan fingerprint density at radius 3 is 2.86 bits per heavy atom. The van der Waals surface area contributed by atoms with Crippen LogP contribution in [-0.2, 0) is 4.79 Å². The molecule has 0 aliphatic heterocycles. The van der Waals surface area contributed by atoms with Crippen LogP contribution in [0.25, 0.3) is 0 Å². The minimum absolute atomic E-state index is 0.158. The molecule has 2 N–H and O–H groups in total. The number of carbonyl (C=O) groups is 2. The molecule has 1 aromatic heterocycles. The lowest BCUT2D eigenvalue weighted by Crippen LogP contribution is -2.27. The monoisotopic (exact) mass is 304 g/mol. The minimum atomic E-state index is -0.162. The Labute approximate surface area is 126 Å². The van der Waals surface area contributed by atoms with Crippen LogP contribution in [0.5, 0.6) is 5.75 Å². The van der Waals surface area contributed by atoms with Gasteiger partial charge in [0.05, 0.1) is 7.11 Å². The molecule has 0 atom stereocenters. The average molecular weight is 304 g/mol. The second kappa shape index (κ2) is 7.44. The number of amides is 2. The van der Waals surface area contributed by atoms with Crippen molar-refractivity contribution in [3.8, 4) is 5.75 Å². The summed E-state index contributed by atoms with van der Waals surface area (Å²) >= 11 is 1.46. The third-order valence-corrected chi connectivity index (χ3v) is 3.46. The van der Waals surface area contributed by atoms with Gasteiger partial charge in [0.2, 0.25) is 5.91 Å². The Kier molecular flexibility index (Phi) is 5.34. The third-order valence-electron chi connectivity index (χ3n) is 2.77. The summed E-state index contributed by atoms with van der Waals surface area (Å²) in [7, 11) is 1.57. The standard InChI is InChI=1S/C15H16N2O3S/c1-20-13-4-2-3-12(9-13)17-14(18)5-7-16-15(19)11-6-8-21-10-11/h2-4,6,8-10H,5,7H2,1H3,(H,16,19)(H,17,18). The molecule has 21 heavy (non-hydrogen) atoms. The largest absolute Gasteiger partial charge is 0.497 e. The van der Waals surface area contributed by atoms with Crippen molar-refractivity contribution in [2.45, 2.75) is 6.42 Å². The number of ether oxygens (including phenoxy) is 1. The van der Waals surface area contributed by atoms with Crippen molar-refractivity contribution >= 4 is 28.8 Å². The SMILES string of the molecule is COc1cccc(NC(=O)CCNC(=O)c2ccsc2)c1. The molecular formula is C15H16N2O3S. The average Bonchev–Trinajstić information content (AvgIpc) is 3.01. The van der Waals surface area contributed by atoms with E-state index in [4.69, 9.17) is 4.74 Å². The number of nitrogens with one attached hydrogen (secondary N) is 2. The summed E-state index contributed by atoms with van der Waals surface area (Å²) in [5.74, 6) is 0.359. The highest BCUT2D eigenvalue weighted by Gasteiger charge is 2.07. The maximum absolute atomic E-state index is 11.8. The molecule has 0 bridgehead atoms. The number of anilines is 1. The van der Waals surface area contributed by atoms with Gasteiger partial charge in [-0.15, -0.1) is 0 Å². The predicted molar refractivity (Wildman–Crippen MR) is 82.9 cm³/mol. The molecule has 2 aromatic rings. The zero-order valence-electron chi connectivity index (χ0n) is 11.6. The Bertz CT molecular complexity index is 611. The van der Waals surface area contributed by atoms with Crippen LogP contribution in [0.3, 0.4) is 0 Å². The van der Waals surface area contributed by atoms with Crippen molar-refractivity contribution in [2.24, 2.45) is 0 Å². The van der Waals surface area contributed by atoms with E-state index in [9.17, 15) is 9.59 Å². The van der Waals surface area contributed by atoms with E-state index in [0.717, 1.165) is 0 Å². The van der Waals surface area contributed by atoms with E-state index in [1.54, 1.807) is 42.8 Å². The first-order chi connectivity index (χ1) is 10.2. The summed E-state index contributed by atoms with van der Waals surface area (Å²) in [5, 5.41) is 9.07. The Hall–Kier alpha value is -2.34. The number of carbonyl (C=O) groups excluding carboxylic acids is 2. The predicted octanol–water partition coefficient (Wildman–Crippen LogP) is 2.52. The summed E-state index contributed by atoms with van der Waals surface area (Å²) in [6, 6.07) is 8.87. The van der Waals surface area contributed by atoms with Crippen LogP contribution < -0.4 is 15.4 Å². The van der Waals surface area contributed by atoms with E-state index in [0.29, 0.717) is 23.5 Å². The molecule has 0 unspecified atom stereocenters. The van der Waals surface area contributed by atoms with Gasteiger partial charge in [-0.25, -0.2) is 0 Å². The van der Waals surface area contributed by atoms with E-state index in [1.807, 2.05) is 5.38 Å². The van der Waals surface area contributed by atoms with Crippen molar-refractivity contribution in [2.75, 3.05) is 19.0 Å². The van der Waals surface area contributed by atoms with Crippen LogP contribution in [0.1, 0.15) is 16.8 Å². The van der Waals surface area contributed by atoms with Crippen molar-refractivity contribution in [3.05, 3.63) is 46.7 Å². The van der Waals surface area contributed by atoms with Gasteiger partial charge in [0.25, 0.3) is 5.91 Å². The smallest absolute Gasteiger partial charge is 0.252 e. The highest BCUT2D eigenvalue weighted by atomic mass is 32.1. The number of rotatable bonds is 6. The third kappa shape index (κ3) is 4.61. The molecule has 0 saturated heterocycles. The van der Waals surface area contributed by atoms with Crippen molar-refractivity contribution in [3.63, 3.8) is 0 Å². The lowest BCUT2D eigenvalue weighted by Gasteiger charge is -2.07. The molecule has 0 aliphatic carbocycles. The molecule has 5 nitrogen and oxygen atoms in total. The first-order valence-corrected chi connectivity index (χ1v) is 7.37. The van der Waals surface area contributed by atoms with E-state index in [1.165, 1.54) is 11.3 Å². The topological polar surface area (TPSA) is 67.4 Å². The summed E-state index contributed by atoms with van der Waals surface area (Å²) in [6.45, 7) is 0.296. The quantitative estimate of drug-likeness (QED) is 0.861. The fourth-order valence-electron chi connectivity index (χ4n) is 1.71.